The molecule has 8 heterocycles. The molecule has 4 aromatic rings. The number of hydrogen-bond acceptors (Lipinski definition) is 24. The molecule has 2 fully saturated rings. The minimum Gasteiger partial charge on any atom is -0.543 e. The van der Waals surface area contributed by atoms with Crippen LogP contribution in [0.1, 0.15) is 11.4 Å². The van der Waals surface area contributed by atoms with Gasteiger partial charge in [-0.15, -0.1) is 46.2 Å². The predicted molar refractivity (Wildman–Crippen MR) is 256 cm³/mol. The Balaban J connectivity index is 0.000000260. The number of carbonyl (C=O) groups is 6. The maximum Gasteiger partial charge on any atom is 1.00 e. The second-order valence-electron chi connectivity index (χ2n) is 14.4. The SMILES string of the molecule is Cn1[nH]c(=O)c(=O)nc1SCC1=C(C(=O)[O-])N2C(=O)C(NC(=O)C(=CCl)c3csc(N)n3)[C@H]2SC1.Cn1[nH]c(=O)c(=O)nc1SCC1=C(C(=O)[O-])N2C(=O)C(NC(=O)C(=CCl)c3csc(N)n3)[C@H]2SC1.[Na+].[Na+]. The smallest absolute Gasteiger partial charge is 0.543 e. The number of β-lactam (4-membered cyclic amide) rings is 2. The molecule has 368 valence electrons. The average Bonchev–Trinajstić information content (AvgIpc) is 3.95. The first-order valence-electron chi connectivity index (χ1n) is 19.3. The van der Waals surface area contributed by atoms with Crippen molar-refractivity contribution in [2.24, 2.45) is 14.1 Å². The van der Waals surface area contributed by atoms with Crippen LogP contribution in [0.4, 0.5) is 10.3 Å². The fourth-order valence-electron chi connectivity index (χ4n) is 6.75. The van der Waals surface area contributed by atoms with E-state index in [4.69, 9.17) is 34.7 Å². The summed E-state index contributed by atoms with van der Waals surface area (Å²) in [5, 5.41) is 36.1. The number of thioether (sulfide) groups is 4. The number of amides is 4. The Kier molecular flexibility index (Phi) is 20.3. The summed E-state index contributed by atoms with van der Waals surface area (Å²) in [6.07, 6.45) is 0. The molecule has 4 aliphatic rings. The van der Waals surface area contributed by atoms with Gasteiger partial charge in [0.05, 0.1) is 45.9 Å². The van der Waals surface area contributed by atoms with Gasteiger partial charge >= 0.3 is 81.4 Å². The van der Waals surface area contributed by atoms with Gasteiger partial charge in [0.15, 0.2) is 20.6 Å². The summed E-state index contributed by atoms with van der Waals surface area (Å²) >= 11 is 18.3. The monoisotopic (exact) mass is 1160 g/mol. The third-order valence-electron chi connectivity index (χ3n) is 10.0. The van der Waals surface area contributed by atoms with E-state index in [9.17, 15) is 58.2 Å². The number of aryl methyl sites for hydroxylation is 2. The number of fused-ring (bicyclic) bond motifs is 2. The molecule has 4 atom stereocenters. The second-order valence-corrected chi connectivity index (χ2v) is 20.7. The minimum atomic E-state index is -1.55. The van der Waals surface area contributed by atoms with Crippen molar-refractivity contribution >= 4 is 150 Å². The number of H-pyrrole nitrogens is 2. The molecule has 0 spiro atoms. The van der Waals surface area contributed by atoms with Crippen molar-refractivity contribution in [3.05, 3.63) is 97.2 Å². The van der Waals surface area contributed by atoms with Gasteiger partial charge in [-0.3, -0.25) is 67.7 Å². The van der Waals surface area contributed by atoms with Gasteiger partial charge in [-0.05, 0) is 11.1 Å². The predicted octanol–water partition coefficient (Wildman–Crippen LogP) is -9.43. The maximum atomic E-state index is 12.8. The van der Waals surface area contributed by atoms with Gasteiger partial charge in [-0.1, -0.05) is 46.7 Å². The number of nitrogens with two attached hydrogens (primary N) is 2. The summed E-state index contributed by atoms with van der Waals surface area (Å²) in [4.78, 5) is 138. The standard InChI is InChI=1S/2C18H16ClN7O6S3.2Na/c2*1-25-18(23-12(28)13(29)24-25)35-4-6-3-33-15-9(14(30)26(15)10(6)16(31)32)22-11(27)7(2-19)8-5-34-17(20)21-8;;/h2*2,5,9,15H,3-4H2,1H3,(H2,20,21)(H,22,27)(H,24,29)(H,31,32);;/q;;2*+1/p-2/t2*9?,15-;;/m11../s1. The number of nitrogens with one attached hydrogen (secondary N) is 4. The molecule has 8 rings (SSSR count). The van der Waals surface area contributed by atoms with Crippen molar-refractivity contribution in [1.82, 2.24) is 59.9 Å². The number of aromatic nitrogens is 8. The molecule has 0 bridgehead atoms. The number of thiazole rings is 2. The summed E-state index contributed by atoms with van der Waals surface area (Å²) in [7, 11) is 2.96. The zero-order chi connectivity index (χ0) is 50.9. The number of nitrogens with zero attached hydrogens (tertiary/aromatic N) is 8. The van der Waals surface area contributed by atoms with E-state index in [2.05, 4.69) is 40.8 Å². The first kappa shape index (κ1) is 58.7. The first-order valence-corrected chi connectivity index (χ1v) is 26.0. The van der Waals surface area contributed by atoms with E-state index in [1.807, 2.05) is 0 Å². The molecule has 0 saturated carbocycles. The van der Waals surface area contributed by atoms with Crippen LogP contribution in [0, 0.1) is 0 Å². The molecule has 0 aromatic carbocycles. The van der Waals surface area contributed by atoms with Crippen LogP contribution in [0.5, 0.6) is 0 Å². The fourth-order valence-corrected chi connectivity index (χ4v) is 13.1. The Bertz CT molecular complexity index is 3050. The summed E-state index contributed by atoms with van der Waals surface area (Å²) < 4.78 is 2.48. The normalized spacial score (nSPS) is 19.3. The third-order valence-corrected chi connectivity index (χ3v) is 16.7. The number of halogens is 2. The van der Waals surface area contributed by atoms with Crippen LogP contribution in [-0.2, 0) is 42.9 Å². The number of hydrogen-bond donors (Lipinski definition) is 6. The number of nitrogen functional groups attached to an aromatic ring is 2. The van der Waals surface area contributed by atoms with E-state index >= 15 is 0 Å². The summed E-state index contributed by atoms with van der Waals surface area (Å²) in [6, 6.07) is -1.97. The molecule has 4 aliphatic heterocycles. The third kappa shape index (κ3) is 12.3. The van der Waals surface area contributed by atoms with Crippen LogP contribution >= 0.6 is 92.9 Å². The Morgan fingerprint density at radius 2 is 1.06 bits per heavy atom. The number of carbonyl (C=O) groups excluding carboxylic acids is 6. The molecule has 0 aliphatic carbocycles. The van der Waals surface area contributed by atoms with Crippen LogP contribution in [0.15, 0.2) is 73.9 Å². The Morgan fingerprint density at radius 3 is 1.36 bits per heavy atom. The number of carboxylic acid groups (broad SMARTS) is 2. The molecule has 4 amide bonds. The molecule has 72 heavy (non-hydrogen) atoms. The van der Waals surface area contributed by atoms with Gasteiger partial charge in [0.25, 0.3) is 23.6 Å². The van der Waals surface area contributed by atoms with Crippen molar-refractivity contribution in [2.75, 3.05) is 34.5 Å². The second kappa shape index (κ2) is 24.9. The molecule has 0 radical (unpaired) electrons. The number of anilines is 2. The van der Waals surface area contributed by atoms with Gasteiger partial charge in [0.2, 0.25) is 0 Å². The van der Waals surface area contributed by atoms with Gasteiger partial charge in [-0.2, -0.15) is 9.97 Å². The number of carboxylic acids is 2. The number of rotatable bonds is 14. The van der Waals surface area contributed by atoms with Crippen LogP contribution in [-0.4, -0.2) is 131 Å². The summed E-state index contributed by atoms with van der Waals surface area (Å²) in [6.45, 7) is 0. The van der Waals surface area contributed by atoms with Crippen molar-refractivity contribution in [3.8, 4) is 0 Å². The first-order chi connectivity index (χ1) is 33.2. The summed E-state index contributed by atoms with van der Waals surface area (Å²) in [5.74, 6) is -5.09. The Labute approximate surface area is 481 Å². The van der Waals surface area contributed by atoms with Gasteiger partial charge in [-0.25, -0.2) is 9.97 Å². The molecule has 36 heteroatoms. The van der Waals surface area contributed by atoms with Crippen LogP contribution in [0.2, 0.25) is 0 Å². The van der Waals surface area contributed by atoms with Crippen LogP contribution < -0.4 is 114 Å². The molecule has 2 saturated heterocycles. The average molecular weight is 1160 g/mol. The quantitative estimate of drug-likeness (QED) is 0.0224. The summed E-state index contributed by atoms with van der Waals surface area (Å²) in [5.41, 5.74) is 10.2. The molecule has 2 unspecified atom stereocenters. The number of aromatic amines is 2. The van der Waals surface area contributed by atoms with E-state index in [1.165, 1.54) is 47.0 Å². The van der Waals surface area contributed by atoms with Crippen LogP contribution in [0.25, 0.3) is 11.1 Å². The zero-order valence-corrected chi connectivity index (χ0v) is 47.7. The zero-order valence-electron chi connectivity index (χ0n) is 37.3. The fraction of sp³-hybridized carbons (Fsp3) is 0.278. The molecular weight excluding hydrogens is 1130 g/mol. The minimum absolute atomic E-state index is 0. The molecule has 8 N–H and O–H groups in total. The van der Waals surface area contributed by atoms with Crippen molar-refractivity contribution < 1.29 is 98.1 Å². The molecule has 4 aromatic heterocycles. The Hall–Kier alpha value is -4.16. The van der Waals surface area contributed by atoms with Crippen molar-refractivity contribution in [3.63, 3.8) is 0 Å². The van der Waals surface area contributed by atoms with E-state index in [-0.39, 0.29) is 137 Å². The van der Waals surface area contributed by atoms with E-state index in [1.54, 1.807) is 10.8 Å². The van der Waals surface area contributed by atoms with Crippen LogP contribution in [0.3, 0.4) is 0 Å². The van der Waals surface area contributed by atoms with Crippen molar-refractivity contribution in [2.45, 2.75) is 33.1 Å². The maximum absolute atomic E-state index is 12.8. The van der Waals surface area contributed by atoms with Crippen molar-refractivity contribution in [1.29, 1.82) is 0 Å². The topological polar surface area (TPSA) is 392 Å². The van der Waals surface area contributed by atoms with Gasteiger partial charge in [0, 0.05) is 58.9 Å². The van der Waals surface area contributed by atoms with E-state index < -0.39 is 80.6 Å². The van der Waals surface area contributed by atoms with Gasteiger partial charge in [0.1, 0.15) is 22.8 Å². The van der Waals surface area contributed by atoms with E-state index in [0.717, 1.165) is 67.1 Å². The molecular formula is C36H30Cl2N14Na2O12S6. The van der Waals surface area contributed by atoms with E-state index in [0.29, 0.717) is 11.1 Å². The molecule has 26 nitrogen and oxygen atoms in total. The Morgan fingerprint density at radius 1 is 0.694 bits per heavy atom. The largest absolute Gasteiger partial charge is 1.00 e. The number of aliphatic carboxylic acids is 2. The van der Waals surface area contributed by atoms with Gasteiger partial charge < -0.3 is 41.9 Å².